The first-order valence-corrected chi connectivity index (χ1v) is 14.2. The molecule has 0 saturated carbocycles. The van der Waals surface area contributed by atoms with Crippen LogP contribution in [0.25, 0.3) is 11.1 Å². The van der Waals surface area contributed by atoms with Gasteiger partial charge in [-0.25, -0.2) is 13.2 Å². The molecule has 8 nitrogen and oxygen atoms in total. The molecule has 1 amide bonds. The van der Waals surface area contributed by atoms with E-state index in [0.717, 1.165) is 35.9 Å². The van der Waals surface area contributed by atoms with Crippen LogP contribution >= 0.6 is 0 Å². The summed E-state index contributed by atoms with van der Waals surface area (Å²) in [5, 5.41) is 12.1. The Morgan fingerprint density at radius 1 is 1.14 bits per heavy atom. The van der Waals surface area contributed by atoms with Crippen LogP contribution in [0, 0.1) is 6.92 Å². The topological polar surface area (TPSA) is 113 Å². The van der Waals surface area contributed by atoms with E-state index in [4.69, 9.17) is 4.74 Å². The normalized spacial score (nSPS) is 13.4. The Labute approximate surface area is 214 Å². The van der Waals surface area contributed by atoms with Crippen LogP contribution in [0.15, 0.2) is 42.5 Å². The molecule has 2 rings (SSSR count). The van der Waals surface area contributed by atoms with Crippen molar-refractivity contribution >= 4 is 21.7 Å². The number of carboxylic acids is 1. The van der Waals surface area contributed by atoms with Crippen molar-refractivity contribution in [3.8, 4) is 11.1 Å². The Morgan fingerprint density at radius 3 is 2.42 bits per heavy atom. The van der Waals surface area contributed by atoms with Gasteiger partial charge in [-0.05, 0) is 67.6 Å². The van der Waals surface area contributed by atoms with Gasteiger partial charge in [-0.2, -0.15) is 0 Å². The van der Waals surface area contributed by atoms with Crippen LogP contribution in [-0.2, 0) is 25.9 Å². The van der Waals surface area contributed by atoms with Crippen molar-refractivity contribution in [2.75, 3.05) is 32.3 Å². The van der Waals surface area contributed by atoms with E-state index in [-0.39, 0.29) is 18.2 Å². The smallest absolute Gasteiger partial charge is 0.326 e. The minimum Gasteiger partial charge on any atom is -0.480 e. The summed E-state index contributed by atoms with van der Waals surface area (Å²) in [6, 6.07) is 12.2. The lowest BCUT2D eigenvalue weighted by atomic mass is 9.93. The number of hydrogen-bond acceptors (Lipinski definition) is 6. The maximum atomic E-state index is 13.3. The number of hydrogen-bond donors (Lipinski definition) is 2. The minimum absolute atomic E-state index is 0.207. The number of nitrogens with zero attached hydrogens (tertiary/aromatic N) is 1. The van der Waals surface area contributed by atoms with Gasteiger partial charge in [0.25, 0.3) is 5.91 Å². The summed E-state index contributed by atoms with van der Waals surface area (Å²) in [7, 11) is -1.69. The quantitative estimate of drug-likeness (QED) is 0.393. The molecule has 2 N–H and O–H groups in total. The molecule has 0 aliphatic rings. The predicted octanol–water partition coefficient (Wildman–Crippen LogP) is 3.53. The zero-order valence-corrected chi connectivity index (χ0v) is 22.6. The third kappa shape index (κ3) is 8.72. The molecule has 0 heterocycles. The van der Waals surface area contributed by atoms with Gasteiger partial charge in [-0.15, -0.1) is 0 Å². The largest absolute Gasteiger partial charge is 0.480 e. The van der Waals surface area contributed by atoms with Gasteiger partial charge in [-0.3, -0.25) is 9.69 Å². The second kappa shape index (κ2) is 13.5. The van der Waals surface area contributed by atoms with Gasteiger partial charge in [0, 0.05) is 31.5 Å². The fraction of sp³-hybridized carbons (Fsp3) is 0.481. The van der Waals surface area contributed by atoms with E-state index in [1.165, 1.54) is 0 Å². The van der Waals surface area contributed by atoms with E-state index in [2.05, 4.69) is 24.1 Å². The Balaban J connectivity index is 2.45. The maximum absolute atomic E-state index is 13.3. The average molecular weight is 519 g/mol. The number of rotatable bonds is 14. The van der Waals surface area contributed by atoms with Crippen LogP contribution in [0.2, 0.25) is 0 Å². The summed E-state index contributed by atoms with van der Waals surface area (Å²) in [6.45, 7) is 8.38. The van der Waals surface area contributed by atoms with Gasteiger partial charge in [0.1, 0.15) is 15.9 Å². The molecule has 198 valence electrons. The van der Waals surface area contributed by atoms with Gasteiger partial charge in [-0.1, -0.05) is 37.3 Å². The number of benzene rings is 2. The molecule has 0 spiro atoms. The Morgan fingerprint density at radius 2 is 1.83 bits per heavy atom. The lowest BCUT2D eigenvalue weighted by Crippen LogP contribution is -2.42. The minimum atomic E-state index is -3.37. The first-order chi connectivity index (χ1) is 17.0. The van der Waals surface area contributed by atoms with Gasteiger partial charge >= 0.3 is 5.97 Å². The molecule has 0 aliphatic heterocycles. The molecule has 2 atom stereocenters. The first kappa shape index (κ1) is 29.5. The average Bonchev–Trinajstić information content (AvgIpc) is 2.81. The number of carbonyl (C=O) groups is 2. The van der Waals surface area contributed by atoms with Crippen LogP contribution in [0.3, 0.4) is 0 Å². The van der Waals surface area contributed by atoms with Crippen molar-refractivity contribution in [1.82, 2.24) is 10.2 Å². The molecule has 0 radical (unpaired) electrons. The summed E-state index contributed by atoms with van der Waals surface area (Å²) in [5.41, 5.74) is 3.91. The van der Waals surface area contributed by atoms with E-state index in [1.807, 2.05) is 43.3 Å². The number of methoxy groups -OCH3 is 1. The lowest BCUT2D eigenvalue weighted by Gasteiger charge is -2.28. The summed E-state index contributed by atoms with van der Waals surface area (Å²) in [6.07, 6.45) is 1.82. The summed E-state index contributed by atoms with van der Waals surface area (Å²) >= 11 is 0. The lowest BCUT2D eigenvalue weighted by molar-refractivity contribution is -0.139. The number of carboxylic acid groups (broad SMARTS) is 1. The Kier molecular flexibility index (Phi) is 11.1. The number of carbonyl (C=O) groups excluding carboxylic acids is 1. The predicted molar refractivity (Wildman–Crippen MR) is 142 cm³/mol. The number of aliphatic carboxylic acids is 1. The van der Waals surface area contributed by atoms with E-state index >= 15 is 0 Å². The Bertz CT molecular complexity index is 1150. The van der Waals surface area contributed by atoms with Gasteiger partial charge in [0.05, 0.1) is 12.4 Å². The highest BCUT2D eigenvalue weighted by Gasteiger charge is 2.24. The molecule has 2 aromatic carbocycles. The number of aryl methyl sites for hydroxylation is 1. The number of ether oxygens (including phenoxy) is 1. The number of sulfone groups is 1. The molecule has 2 aromatic rings. The fourth-order valence-corrected chi connectivity index (χ4v) is 4.80. The molecular formula is C27H38N2O6S. The standard InChI is InChI=1S/C27H38N2O6S/c1-6-14-29(20(3)18-35-4)17-21-11-12-23(24(16-21)22-10-8-7-9-19(22)2)26(30)28-25(27(31)32)13-15-36(5,33)34/h7-12,16,20,25H,6,13-15,17-18H2,1-5H3,(H,28,30)(H,31,32). The molecule has 0 aromatic heterocycles. The van der Waals surface area contributed by atoms with Crippen LogP contribution < -0.4 is 5.32 Å². The number of nitrogens with one attached hydrogen (secondary N) is 1. The van der Waals surface area contributed by atoms with Gasteiger partial charge in [0.15, 0.2) is 0 Å². The van der Waals surface area contributed by atoms with Crippen LogP contribution in [0.5, 0.6) is 0 Å². The fourth-order valence-electron chi connectivity index (χ4n) is 4.13. The summed E-state index contributed by atoms with van der Waals surface area (Å²) in [4.78, 5) is 27.3. The third-order valence-electron chi connectivity index (χ3n) is 6.07. The van der Waals surface area contributed by atoms with E-state index < -0.39 is 27.8 Å². The number of amides is 1. The first-order valence-electron chi connectivity index (χ1n) is 12.1. The highest BCUT2D eigenvalue weighted by Crippen LogP contribution is 2.29. The van der Waals surface area contributed by atoms with E-state index in [1.54, 1.807) is 13.2 Å². The van der Waals surface area contributed by atoms with Crippen molar-refractivity contribution in [2.24, 2.45) is 0 Å². The second-order valence-corrected chi connectivity index (χ2v) is 11.5. The van der Waals surface area contributed by atoms with Crippen molar-refractivity contribution < 1.29 is 27.9 Å². The molecule has 2 unspecified atom stereocenters. The monoisotopic (exact) mass is 518 g/mol. The SMILES string of the molecule is CCCN(Cc1ccc(C(=O)NC(CCS(C)(=O)=O)C(=O)O)c(-c2ccccc2C)c1)C(C)COC. The maximum Gasteiger partial charge on any atom is 0.326 e. The zero-order valence-electron chi connectivity index (χ0n) is 21.8. The Hall–Kier alpha value is -2.75. The van der Waals surface area contributed by atoms with Crippen molar-refractivity contribution in [3.63, 3.8) is 0 Å². The van der Waals surface area contributed by atoms with Crippen LogP contribution in [0.4, 0.5) is 0 Å². The summed E-state index contributed by atoms with van der Waals surface area (Å²) in [5.74, 6) is -2.16. The highest BCUT2D eigenvalue weighted by atomic mass is 32.2. The molecule has 36 heavy (non-hydrogen) atoms. The van der Waals surface area contributed by atoms with Crippen molar-refractivity contribution in [2.45, 2.75) is 52.2 Å². The molecule has 0 aliphatic carbocycles. The van der Waals surface area contributed by atoms with Gasteiger partial charge in [0.2, 0.25) is 0 Å². The van der Waals surface area contributed by atoms with Crippen LogP contribution in [0.1, 0.15) is 48.2 Å². The molecule has 0 saturated heterocycles. The second-order valence-electron chi connectivity index (χ2n) is 9.25. The molecular weight excluding hydrogens is 480 g/mol. The van der Waals surface area contributed by atoms with Gasteiger partial charge < -0.3 is 15.2 Å². The highest BCUT2D eigenvalue weighted by molar-refractivity contribution is 7.90. The molecule has 0 bridgehead atoms. The van der Waals surface area contributed by atoms with E-state index in [9.17, 15) is 23.1 Å². The summed E-state index contributed by atoms with van der Waals surface area (Å²) < 4.78 is 28.4. The van der Waals surface area contributed by atoms with Crippen LogP contribution in [-0.4, -0.2) is 74.7 Å². The molecule has 0 fully saturated rings. The third-order valence-corrected chi connectivity index (χ3v) is 7.05. The zero-order chi connectivity index (χ0) is 26.9. The van der Waals surface area contributed by atoms with E-state index in [0.29, 0.717) is 24.3 Å². The molecule has 9 heteroatoms. The van der Waals surface area contributed by atoms with Crippen molar-refractivity contribution in [3.05, 3.63) is 59.2 Å². The van der Waals surface area contributed by atoms with Crippen molar-refractivity contribution in [1.29, 1.82) is 0 Å².